The lowest BCUT2D eigenvalue weighted by atomic mass is 10.2. The number of ether oxygens (including phenoxy) is 2. The summed E-state index contributed by atoms with van der Waals surface area (Å²) in [7, 11) is 0. The van der Waals surface area contributed by atoms with Crippen molar-refractivity contribution in [1.29, 1.82) is 0 Å². The van der Waals surface area contributed by atoms with Crippen LogP contribution >= 0.6 is 0 Å². The Morgan fingerprint density at radius 2 is 1.90 bits per heavy atom. The Morgan fingerprint density at radius 1 is 1.15 bits per heavy atom. The van der Waals surface area contributed by atoms with Gasteiger partial charge < -0.3 is 14.8 Å². The fraction of sp³-hybridized carbons (Fsp3) is 0.571. The van der Waals surface area contributed by atoms with Gasteiger partial charge in [-0.2, -0.15) is 13.2 Å². The van der Waals surface area contributed by atoms with Crippen molar-refractivity contribution in [2.45, 2.75) is 33.0 Å². The molecule has 0 bridgehead atoms. The summed E-state index contributed by atoms with van der Waals surface area (Å²) < 4.78 is 47.2. The second kappa shape index (κ2) is 7.99. The van der Waals surface area contributed by atoms with Crippen molar-refractivity contribution in [3.8, 4) is 11.5 Å². The SMILES string of the molecule is CCCNCc1cccc(OCC)c1OCC(F)(F)F. The van der Waals surface area contributed by atoms with Gasteiger partial charge in [0.1, 0.15) is 0 Å². The number of para-hydroxylation sites is 1. The molecule has 20 heavy (non-hydrogen) atoms. The largest absolute Gasteiger partial charge is 0.490 e. The molecule has 0 heterocycles. The first kappa shape index (κ1) is 16.6. The number of alkyl halides is 3. The monoisotopic (exact) mass is 291 g/mol. The summed E-state index contributed by atoms with van der Waals surface area (Å²) in [5, 5.41) is 3.14. The van der Waals surface area contributed by atoms with Crippen LogP contribution in [0.3, 0.4) is 0 Å². The van der Waals surface area contributed by atoms with Gasteiger partial charge in [0, 0.05) is 12.1 Å². The predicted octanol–water partition coefficient (Wildman–Crippen LogP) is 3.53. The summed E-state index contributed by atoms with van der Waals surface area (Å²) in [5.41, 5.74) is 0.661. The molecule has 1 aromatic rings. The Labute approximate surface area is 117 Å². The van der Waals surface area contributed by atoms with Crippen molar-refractivity contribution >= 4 is 0 Å². The Kier molecular flexibility index (Phi) is 6.64. The molecule has 0 fully saturated rings. The lowest BCUT2D eigenvalue weighted by Gasteiger charge is -2.17. The molecule has 1 rings (SSSR count). The average Bonchev–Trinajstić information content (AvgIpc) is 2.37. The lowest BCUT2D eigenvalue weighted by Crippen LogP contribution is -2.21. The highest BCUT2D eigenvalue weighted by molar-refractivity contribution is 5.46. The van der Waals surface area contributed by atoms with Crippen LogP contribution in [0.2, 0.25) is 0 Å². The maximum Gasteiger partial charge on any atom is 0.422 e. The number of hydrogen-bond donors (Lipinski definition) is 1. The molecule has 0 aliphatic heterocycles. The van der Waals surface area contributed by atoms with E-state index in [1.807, 2.05) is 6.92 Å². The van der Waals surface area contributed by atoms with Gasteiger partial charge in [-0.3, -0.25) is 0 Å². The van der Waals surface area contributed by atoms with Crippen LogP contribution in [-0.2, 0) is 6.54 Å². The summed E-state index contributed by atoms with van der Waals surface area (Å²) in [5.74, 6) is 0.503. The van der Waals surface area contributed by atoms with Crippen LogP contribution in [0.25, 0.3) is 0 Å². The first-order valence-corrected chi connectivity index (χ1v) is 6.62. The zero-order chi connectivity index (χ0) is 15.0. The minimum absolute atomic E-state index is 0.162. The molecule has 0 aliphatic carbocycles. The van der Waals surface area contributed by atoms with Gasteiger partial charge in [0.25, 0.3) is 0 Å². The van der Waals surface area contributed by atoms with Gasteiger partial charge in [0.05, 0.1) is 6.61 Å². The first-order valence-electron chi connectivity index (χ1n) is 6.62. The maximum atomic E-state index is 12.3. The van der Waals surface area contributed by atoms with Crippen molar-refractivity contribution < 1.29 is 22.6 Å². The number of rotatable bonds is 8. The van der Waals surface area contributed by atoms with Gasteiger partial charge in [0.15, 0.2) is 18.1 Å². The van der Waals surface area contributed by atoms with E-state index in [-0.39, 0.29) is 5.75 Å². The molecule has 0 amide bonds. The molecule has 0 spiro atoms. The van der Waals surface area contributed by atoms with Crippen molar-refractivity contribution in [3.63, 3.8) is 0 Å². The standard InChI is InChI=1S/C14H20F3NO2/c1-3-8-18-9-11-6-5-7-12(19-4-2)13(11)20-10-14(15,16)17/h5-7,18H,3-4,8-10H2,1-2H3. The maximum absolute atomic E-state index is 12.3. The van der Waals surface area contributed by atoms with E-state index >= 15 is 0 Å². The molecule has 6 heteroatoms. The van der Waals surface area contributed by atoms with Crippen molar-refractivity contribution in [2.24, 2.45) is 0 Å². The van der Waals surface area contributed by atoms with Crippen molar-refractivity contribution in [2.75, 3.05) is 19.8 Å². The molecule has 0 aromatic heterocycles. The summed E-state index contributed by atoms with van der Waals surface area (Å²) in [6.07, 6.45) is -3.42. The highest BCUT2D eigenvalue weighted by atomic mass is 19.4. The molecule has 0 unspecified atom stereocenters. The molecule has 0 radical (unpaired) electrons. The molecule has 1 aromatic carbocycles. The van der Waals surface area contributed by atoms with E-state index in [1.54, 1.807) is 25.1 Å². The van der Waals surface area contributed by atoms with E-state index in [0.717, 1.165) is 13.0 Å². The van der Waals surface area contributed by atoms with Gasteiger partial charge in [0.2, 0.25) is 0 Å². The van der Waals surface area contributed by atoms with E-state index in [1.165, 1.54) is 0 Å². The van der Waals surface area contributed by atoms with Crippen molar-refractivity contribution in [1.82, 2.24) is 5.32 Å². The van der Waals surface area contributed by atoms with Crippen LogP contribution in [0.4, 0.5) is 13.2 Å². The van der Waals surface area contributed by atoms with Gasteiger partial charge in [-0.1, -0.05) is 19.1 Å². The van der Waals surface area contributed by atoms with Crippen molar-refractivity contribution in [3.05, 3.63) is 23.8 Å². The third-order valence-electron chi connectivity index (χ3n) is 2.48. The second-order valence-electron chi connectivity index (χ2n) is 4.26. The summed E-state index contributed by atoms with van der Waals surface area (Å²) >= 11 is 0. The average molecular weight is 291 g/mol. The summed E-state index contributed by atoms with van der Waals surface area (Å²) in [6, 6.07) is 5.09. The molecule has 0 saturated heterocycles. The number of halogens is 3. The van der Waals surface area contributed by atoms with Gasteiger partial charge in [-0.05, 0) is 26.0 Å². The zero-order valence-corrected chi connectivity index (χ0v) is 11.7. The predicted molar refractivity (Wildman–Crippen MR) is 71.2 cm³/mol. The van der Waals surface area contributed by atoms with E-state index in [4.69, 9.17) is 9.47 Å². The normalized spacial score (nSPS) is 11.4. The van der Waals surface area contributed by atoms with Crippen LogP contribution in [-0.4, -0.2) is 25.9 Å². The second-order valence-corrected chi connectivity index (χ2v) is 4.26. The summed E-state index contributed by atoms with van der Waals surface area (Å²) in [6.45, 7) is 4.08. The van der Waals surface area contributed by atoms with Crippen LogP contribution in [0.5, 0.6) is 11.5 Å². The molecule has 114 valence electrons. The summed E-state index contributed by atoms with van der Waals surface area (Å²) in [4.78, 5) is 0. The van der Waals surface area contributed by atoms with Gasteiger partial charge in [-0.25, -0.2) is 0 Å². The van der Waals surface area contributed by atoms with E-state index in [0.29, 0.717) is 24.5 Å². The zero-order valence-electron chi connectivity index (χ0n) is 11.7. The topological polar surface area (TPSA) is 30.5 Å². The van der Waals surface area contributed by atoms with Gasteiger partial charge in [-0.15, -0.1) is 0 Å². The van der Waals surface area contributed by atoms with Crippen LogP contribution in [0, 0.1) is 0 Å². The smallest absolute Gasteiger partial charge is 0.422 e. The minimum Gasteiger partial charge on any atom is -0.490 e. The molecule has 3 nitrogen and oxygen atoms in total. The van der Waals surface area contributed by atoms with Crippen LogP contribution in [0.1, 0.15) is 25.8 Å². The fourth-order valence-electron chi connectivity index (χ4n) is 1.69. The van der Waals surface area contributed by atoms with Crippen LogP contribution in [0.15, 0.2) is 18.2 Å². The Bertz CT molecular complexity index is 408. The minimum atomic E-state index is -4.37. The highest BCUT2D eigenvalue weighted by Crippen LogP contribution is 2.32. The third-order valence-corrected chi connectivity index (χ3v) is 2.48. The molecular weight excluding hydrogens is 271 g/mol. The Balaban J connectivity index is 2.87. The quantitative estimate of drug-likeness (QED) is 0.743. The lowest BCUT2D eigenvalue weighted by molar-refractivity contribution is -0.153. The molecule has 1 N–H and O–H groups in total. The molecule has 0 saturated carbocycles. The first-order chi connectivity index (χ1) is 9.48. The molecular formula is C14H20F3NO2. The number of nitrogens with one attached hydrogen (secondary N) is 1. The Hall–Kier alpha value is -1.43. The van der Waals surface area contributed by atoms with E-state index in [2.05, 4.69) is 5.32 Å². The van der Waals surface area contributed by atoms with Gasteiger partial charge >= 0.3 is 6.18 Å². The molecule has 0 aliphatic rings. The fourth-order valence-corrected chi connectivity index (χ4v) is 1.69. The third kappa shape index (κ3) is 5.69. The number of hydrogen-bond acceptors (Lipinski definition) is 3. The van der Waals surface area contributed by atoms with Crippen LogP contribution < -0.4 is 14.8 Å². The van der Waals surface area contributed by atoms with E-state index < -0.39 is 12.8 Å². The number of benzene rings is 1. The highest BCUT2D eigenvalue weighted by Gasteiger charge is 2.29. The Morgan fingerprint density at radius 3 is 2.50 bits per heavy atom. The van der Waals surface area contributed by atoms with E-state index in [9.17, 15) is 13.2 Å². The molecule has 0 atom stereocenters.